The van der Waals surface area contributed by atoms with Crippen LogP contribution in [0.1, 0.15) is 23.1 Å². The van der Waals surface area contributed by atoms with Crippen LogP contribution in [0.25, 0.3) is 0 Å². The summed E-state index contributed by atoms with van der Waals surface area (Å²) < 4.78 is 11.3. The molecule has 0 aliphatic carbocycles. The lowest BCUT2D eigenvalue weighted by Crippen LogP contribution is -2.04. The SMILES string of the molecule is C(#Cc1ccccc1OCOCc1ccccc1)CCc1ccccc1. The van der Waals surface area contributed by atoms with E-state index in [0.717, 1.165) is 29.7 Å². The van der Waals surface area contributed by atoms with Crippen molar-refractivity contribution in [2.75, 3.05) is 6.79 Å². The molecule has 0 unspecified atom stereocenters. The first kappa shape index (κ1) is 17.8. The fraction of sp³-hybridized carbons (Fsp3) is 0.167. The van der Waals surface area contributed by atoms with E-state index < -0.39 is 0 Å². The lowest BCUT2D eigenvalue weighted by atomic mass is 10.1. The molecule has 3 aromatic rings. The molecule has 0 atom stereocenters. The highest BCUT2D eigenvalue weighted by Gasteiger charge is 2.00. The van der Waals surface area contributed by atoms with E-state index in [-0.39, 0.29) is 6.79 Å². The number of ether oxygens (including phenoxy) is 2. The van der Waals surface area contributed by atoms with Crippen LogP contribution >= 0.6 is 0 Å². The monoisotopic (exact) mass is 342 g/mol. The van der Waals surface area contributed by atoms with Crippen LogP contribution in [0, 0.1) is 11.8 Å². The Balaban J connectivity index is 1.49. The molecule has 26 heavy (non-hydrogen) atoms. The molecule has 130 valence electrons. The van der Waals surface area contributed by atoms with Gasteiger partial charge in [0, 0.05) is 6.42 Å². The maximum absolute atomic E-state index is 5.75. The van der Waals surface area contributed by atoms with Crippen molar-refractivity contribution in [2.24, 2.45) is 0 Å². The molecule has 0 aromatic heterocycles. The molecule has 0 bridgehead atoms. The Morgan fingerprint density at radius 1 is 0.692 bits per heavy atom. The summed E-state index contributed by atoms with van der Waals surface area (Å²) >= 11 is 0. The molecule has 2 nitrogen and oxygen atoms in total. The van der Waals surface area contributed by atoms with Gasteiger partial charge in [-0.05, 0) is 29.7 Å². The number of aryl methyl sites for hydroxylation is 1. The standard InChI is InChI=1S/C24H22O2/c1-3-11-21(12-4-1)13-7-8-16-23-17-9-10-18-24(23)26-20-25-19-22-14-5-2-6-15-22/h1-6,9-12,14-15,17-18H,7,13,19-20H2. The van der Waals surface area contributed by atoms with Gasteiger partial charge in [-0.25, -0.2) is 0 Å². The maximum atomic E-state index is 5.75. The fourth-order valence-electron chi connectivity index (χ4n) is 2.54. The molecule has 0 saturated carbocycles. The van der Waals surface area contributed by atoms with Crippen molar-refractivity contribution in [2.45, 2.75) is 19.4 Å². The summed E-state index contributed by atoms with van der Waals surface area (Å²) in [4.78, 5) is 0. The summed E-state index contributed by atoms with van der Waals surface area (Å²) in [5, 5.41) is 0. The zero-order valence-electron chi connectivity index (χ0n) is 14.7. The van der Waals surface area contributed by atoms with Gasteiger partial charge in [-0.15, -0.1) is 0 Å². The molecule has 3 aromatic carbocycles. The van der Waals surface area contributed by atoms with Crippen molar-refractivity contribution in [3.63, 3.8) is 0 Å². The molecule has 0 aliphatic rings. The predicted octanol–water partition coefficient (Wildman–Crippen LogP) is 5.22. The first-order chi connectivity index (χ1) is 12.9. The topological polar surface area (TPSA) is 18.5 Å². The highest BCUT2D eigenvalue weighted by molar-refractivity contribution is 5.45. The fourth-order valence-corrected chi connectivity index (χ4v) is 2.54. The lowest BCUT2D eigenvalue weighted by Gasteiger charge is -2.09. The average Bonchev–Trinajstić information content (AvgIpc) is 2.71. The van der Waals surface area contributed by atoms with E-state index >= 15 is 0 Å². The van der Waals surface area contributed by atoms with Gasteiger partial charge >= 0.3 is 0 Å². The van der Waals surface area contributed by atoms with E-state index in [1.807, 2.05) is 60.7 Å². The molecule has 0 saturated heterocycles. The number of rotatable bonds is 7. The van der Waals surface area contributed by atoms with E-state index in [2.05, 4.69) is 36.1 Å². The van der Waals surface area contributed by atoms with Crippen LogP contribution in [-0.4, -0.2) is 6.79 Å². The maximum Gasteiger partial charge on any atom is 0.189 e. The predicted molar refractivity (Wildman–Crippen MR) is 105 cm³/mol. The Morgan fingerprint density at radius 3 is 2.12 bits per heavy atom. The summed E-state index contributed by atoms with van der Waals surface area (Å²) in [7, 11) is 0. The summed E-state index contributed by atoms with van der Waals surface area (Å²) in [6, 6.07) is 28.3. The van der Waals surface area contributed by atoms with Gasteiger partial charge in [0.25, 0.3) is 0 Å². The lowest BCUT2D eigenvalue weighted by molar-refractivity contribution is 0.00490. The number of para-hydroxylation sites is 1. The third-order valence-corrected chi connectivity index (χ3v) is 3.90. The van der Waals surface area contributed by atoms with Gasteiger partial charge in [-0.1, -0.05) is 84.6 Å². The van der Waals surface area contributed by atoms with Crippen LogP contribution in [0.5, 0.6) is 5.75 Å². The minimum Gasteiger partial charge on any atom is -0.466 e. The van der Waals surface area contributed by atoms with Crippen molar-refractivity contribution >= 4 is 0 Å². The van der Waals surface area contributed by atoms with Gasteiger partial charge in [0.2, 0.25) is 0 Å². The molecule has 0 amide bonds. The van der Waals surface area contributed by atoms with Crippen LogP contribution in [0.2, 0.25) is 0 Å². The normalized spacial score (nSPS) is 10.0. The molecule has 0 heterocycles. The molecular weight excluding hydrogens is 320 g/mol. The number of hydrogen-bond donors (Lipinski definition) is 0. The highest BCUT2D eigenvalue weighted by atomic mass is 16.7. The Labute approximate surface area is 155 Å². The zero-order valence-corrected chi connectivity index (χ0v) is 14.7. The smallest absolute Gasteiger partial charge is 0.189 e. The van der Waals surface area contributed by atoms with E-state index in [1.165, 1.54) is 5.56 Å². The Hall–Kier alpha value is -3.02. The molecule has 0 spiro atoms. The molecule has 0 fully saturated rings. The Bertz CT molecular complexity index is 845. The molecule has 3 rings (SSSR count). The molecular formula is C24H22O2. The second-order valence-corrected chi connectivity index (χ2v) is 5.88. The van der Waals surface area contributed by atoms with Crippen LogP contribution in [0.4, 0.5) is 0 Å². The zero-order chi connectivity index (χ0) is 17.9. The molecule has 0 N–H and O–H groups in total. The van der Waals surface area contributed by atoms with E-state index in [0.29, 0.717) is 6.61 Å². The minimum absolute atomic E-state index is 0.206. The van der Waals surface area contributed by atoms with Crippen molar-refractivity contribution in [3.8, 4) is 17.6 Å². The van der Waals surface area contributed by atoms with Crippen molar-refractivity contribution in [1.82, 2.24) is 0 Å². The number of benzene rings is 3. The van der Waals surface area contributed by atoms with E-state index in [1.54, 1.807) is 0 Å². The minimum atomic E-state index is 0.206. The first-order valence-electron chi connectivity index (χ1n) is 8.78. The largest absolute Gasteiger partial charge is 0.466 e. The third-order valence-electron chi connectivity index (χ3n) is 3.90. The summed E-state index contributed by atoms with van der Waals surface area (Å²) in [5.41, 5.74) is 3.33. The third kappa shape index (κ3) is 5.81. The van der Waals surface area contributed by atoms with Gasteiger partial charge in [0.1, 0.15) is 5.75 Å². The quantitative estimate of drug-likeness (QED) is 0.333. The van der Waals surface area contributed by atoms with Crippen LogP contribution in [0.3, 0.4) is 0 Å². The van der Waals surface area contributed by atoms with E-state index in [4.69, 9.17) is 9.47 Å². The van der Waals surface area contributed by atoms with Gasteiger partial charge in [0.15, 0.2) is 6.79 Å². The first-order valence-corrected chi connectivity index (χ1v) is 8.78. The number of hydrogen-bond acceptors (Lipinski definition) is 2. The van der Waals surface area contributed by atoms with Gasteiger partial charge in [-0.3, -0.25) is 0 Å². The van der Waals surface area contributed by atoms with Crippen LogP contribution in [-0.2, 0) is 17.8 Å². The van der Waals surface area contributed by atoms with Crippen LogP contribution in [0.15, 0.2) is 84.9 Å². The van der Waals surface area contributed by atoms with E-state index in [9.17, 15) is 0 Å². The second kappa shape index (κ2) is 10.1. The molecule has 0 radical (unpaired) electrons. The molecule has 2 heteroatoms. The molecule has 0 aliphatic heterocycles. The second-order valence-electron chi connectivity index (χ2n) is 5.88. The highest BCUT2D eigenvalue weighted by Crippen LogP contribution is 2.17. The summed E-state index contributed by atoms with van der Waals surface area (Å²) in [5.74, 6) is 7.20. The van der Waals surface area contributed by atoms with Gasteiger partial charge < -0.3 is 9.47 Å². The van der Waals surface area contributed by atoms with Gasteiger partial charge in [-0.2, -0.15) is 0 Å². The Morgan fingerprint density at radius 2 is 1.35 bits per heavy atom. The van der Waals surface area contributed by atoms with Crippen molar-refractivity contribution in [1.29, 1.82) is 0 Å². The van der Waals surface area contributed by atoms with Gasteiger partial charge in [0.05, 0.1) is 12.2 Å². The summed E-state index contributed by atoms with van der Waals surface area (Å²) in [6.07, 6.45) is 1.78. The average molecular weight is 342 g/mol. The van der Waals surface area contributed by atoms with Crippen LogP contribution < -0.4 is 4.74 Å². The van der Waals surface area contributed by atoms with Crippen molar-refractivity contribution in [3.05, 3.63) is 102 Å². The Kier molecular flexibility index (Phi) is 6.90. The van der Waals surface area contributed by atoms with Crippen molar-refractivity contribution < 1.29 is 9.47 Å². The summed E-state index contributed by atoms with van der Waals surface area (Å²) in [6.45, 7) is 0.739.